The molecule has 1 rings (SSSR count). The number of methoxy groups -OCH3 is 1. The second kappa shape index (κ2) is 3.84. The summed E-state index contributed by atoms with van der Waals surface area (Å²) in [6.07, 6.45) is 1.14. The first-order valence-corrected chi connectivity index (χ1v) is 5.87. The van der Waals surface area contributed by atoms with Crippen molar-refractivity contribution in [3.05, 3.63) is 36.4 Å². The maximum absolute atomic E-state index is 11.2. The van der Waals surface area contributed by atoms with Crippen LogP contribution in [-0.2, 0) is 9.84 Å². The first kappa shape index (κ1) is 10.8. The van der Waals surface area contributed by atoms with Crippen molar-refractivity contribution < 1.29 is 13.2 Å². The van der Waals surface area contributed by atoms with Gasteiger partial charge in [0.2, 0.25) is 0 Å². The van der Waals surface area contributed by atoms with Crippen molar-refractivity contribution in [3.8, 4) is 5.75 Å². The van der Waals surface area contributed by atoms with Gasteiger partial charge in [-0.25, -0.2) is 8.42 Å². The Balaban J connectivity index is 3.05. The van der Waals surface area contributed by atoms with Gasteiger partial charge < -0.3 is 4.74 Å². The Morgan fingerprint density at radius 3 is 2.14 bits per heavy atom. The number of hydrogen-bond donors (Lipinski definition) is 0. The monoisotopic (exact) mass is 212 g/mol. The molecule has 1 aromatic rings. The van der Waals surface area contributed by atoms with E-state index in [1.807, 2.05) is 0 Å². The minimum Gasteiger partial charge on any atom is -0.497 e. The summed E-state index contributed by atoms with van der Waals surface area (Å²) in [7, 11) is -1.65. The van der Waals surface area contributed by atoms with Crippen molar-refractivity contribution in [3.63, 3.8) is 0 Å². The van der Waals surface area contributed by atoms with Gasteiger partial charge in [0.1, 0.15) is 5.75 Å². The second-order valence-corrected chi connectivity index (χ2v) is 4.96. The normalized spacial score (nSPS) is 11.0. The Labute approximate surface area is 83.9 Å². The molecule has 0 aliphatic heterocycles. The largest absolute Gasteiger partial charge is 0.497 e. The van der Waals surface area contributed by atoms with Gasteiger partial charge in [-0.2, -0.15) is 0 Å². The highest BCUT2D eigenvalue weighted by atomic mass is 32.2. The predicted molar refractivity (Wildman–Crippen MR) is 56.9 cm³/mol. The molecule has 3 nitrogen and oxygen atoms in total. The predicted octanol–water partition coefficient (Wildman–Crippen LogP) is 1.71. The van der Waals surface area contributed by atoms with Crippen LogP contribution < -0.4 is 4.74 Å². The molecule has 1 aromatic carbocycles. The van der Waals surface area contributed by atoms with Gasteiger partial charge in [-0.1, -0.05) is 18.7 Å². The molecule has 0 aliphatic rings. The van der Waals surface area contributed by atoms with Crippen molar-refractivity contribution in [1.82, 2.24) is 0 Å². The molecule has 0 bridgehead atoms. The molecule has 0 N–H and O–H groups in total. The highest BCUT2D eigenvalue weighted by Crippen LogP contribution is 2.20. The van der Waals surface area contributed by atoms with Crippen LogP contribution in [0.2, 0.25) is 0 Å². The lowest BCUT2D eigenvalue weighted by atomic mass is 10.2. The summed E-state index contributed by atoms with van der Waals surface area (Å²) in [5, 5.41) is 0. The zero-order chi connectivity index (χ0) is 10.8. The van der Waals surface area contributed by atoms with E-state index < -0.39 is 9.84 Å². The highest BCUT2D eigenvalue weighted by molar-refractivity contribution is 7.99. The van der Waals surface area contributed by atoms with E-state index in [9.17, 15) is 8.42 Å². The lowest BCUT2D eigenvalue weighted by molar-refractivity contribution is 0.415. The topological polar surface area (TPSA) is 43.4 Å². The van der Waals surface area contributed by atoms with Gasteiger partial charge in [-0.05, 0) is 17.7 Å². The van der Waals surface area contributed by atoms with E-state index in [4.69, 9.17) is 4.74 Å². The summed E-state index contributed by atoms with van der Waals surface area (Å²) < 4.78 is 27.3. The van der Waals surface area contributed by atoms with E-state index in [2.05, 4.69) is 6.58 Å². The summed E-state index contributed by atoms with van der Waals surface area (Å²) in [4.78, 5) is 0.125. The van der Waals surface area contributed by atoms with Crippen molar-refractivity contribution >= 4 is 14.7 Å². The Kier molecular flexibility index (Phi) is 2.96. The molecule has 76 valence electrons. The zero-order valence-electron chi connectivity index (χ0n) is 8.15. The van der Waals surface area contributed by atoms with Crippen molar-refractivity contribution in [1.29, 1.82) is 0 Å². The molecule has 0 saturated carbocycles. The third-order valence-electron chi connectivity index (χ3n) is 1.86. The fourth-order valence-corrected chi connectivity index (χ4v) is 1.56. The third-order valence-corrected chi connectivity index (χ3v) is 2.99. The van der Waals surface area contributed by atoms with Crippen LogP contribution in [0, 0.1) is 0 Å². The molecule has 0 atom stereocenters. The molecule has 4 heteroatoms. The molecule has 0 aromatic heterocycles. The minimum atomic E-state index is -3.21. The van der Waals surface area contributed by atoms with Crippen LogP contribution in [0.5, 0.6) is 5.75 Å². The van der Waals surface area contributed by atoms with E-state index >= 15 is 0 Å². The first-order valence-electron chi connectivity index (χ1n) is 3.98. The van der Waals surface area contributed by atoms with Gasteiger partial charge >= 0.3 is 0 Å². The molecule has 0 spiro atoms. The van der Waals surface area contributed by atoms with E-state index in [1.165, 1.54) is 0 Å². The molecule has 0 radical (unpaired) electrons. The minimum absolute atomic E-state index is 0.125. The standard InChI is InChI=1S/C10H12O3S/c1-8(14(3,11)12)9-4-6-10(13-2)7-5-9/h4-7H,1H2,2-3H3. The maximum atomic E-state index is 11.2. The number of benzene rings is 1. The SMILES string of the molecule is C=C(c1ccc(OC)cc1)S(C)(=O)=O. The lowest BCUT2D eigenvalue weighted by Crippen LogP contribution is -1.98. The molecule has 0 heterocycles. The summed E-state index contributed by atoms with van der Waals surface area (Å²) >= 11 is 0. The smallest absolute Gasteiger partial charge is 0.175 e. The summed E-state index contributed by atoms with van der Waals surface area (Å²) in [5.41, 5.74) is 0.591. The highest BCUT2D eigenvalue weighted by Gasteiger charge is 2.10. The van der Waals surface area contributed by atoms with Crippen molar-refractivity contribution in [2.24, 2.45) is 0 Å². The number of hydrogen-bond acceptors (Lipinski definition) is 3. The first-order chi connectivity index (χ1) is 6.45. The zero-order valence-corrected chi connectivity index (χ0v) is 8.97. The van der Waals surface area contributed by atoms with Crippen molar-refractivity contribution in [2.75, 3.05) is 13.4 Å². The van der Waals surface area contributed by atoms with Gasteiger partial charge in [0.05, 0.1) is 12.0 Å². The Bertz CT molecular complexity index is 429. The van der Waals surface area contributed by atoms with E-state index in [0.29, 0.717) is 11.3 Å². The van der Waals surface area contributed by atoms with Crippen LogP contribution in [0.15, 0.2) is 30.8 Å². The van der Waals surface area contributed by atoms with Crippen LogP contribution in [0.3, 0.4) is 0 Å². The van der Waals surface area contributed by atoms with Gasteiger partial charge in [-0.15, -0.1) is 0 Å². The molecule has 14 heavy (non-hydrogen) atoms. The fourth-order valence-electron chi connectivity index (χ4n) is 0.991. The van der Waals surface area contributed by atoms with Gasteiger partial charge in [0, 0.05) is 6.26 Å². The Hall–Kier alpha value is -1.29. The molecular weight excluding hydrogens is 200 g/mol. The summed E-state index contributed by atoms with van der Waals surface area (Å²) in [5.74, 6) is 0.690. The third kappa shape index (κ3) is 2.35. The number of sulfone groups is 1. The average Bonchev–Trinajstić information content (AvgIpc) is 2.15. The maximum Gasteiger partial charge on any atom is 0.175 e. The Morgan fingerprint density at radius 2 is 1.79 bits per heavy atom. The number of rotatable bonds is 3. The van der Waals surface area contributed by atoms with Crippen molar-refractivity contribution in [2.45, 2.75) is 0 Å². The van der Waals surface area contributed by atoms with Gasteiger partial charge in [-0.3, -0.25) is 0 Å². The molecule has 0 saturated heterocycles. The van der Waals surface area contributed by atoms with Crippen LogP contribution >= 0.6 is 0 Å². The van der Waals surface area contributed by atoms with E-state index in [0.717, 1.165) is 6.26 Å². The average molecular weight is 212 g/mol. The summed E-state index contributed by atoms with van der Waals surface area (Å²) in [6.45, 7) is 3.52. The lowest BCUT2D eigenvalue weighted by Gasteiger charge is -2.04. The summed E-state index contributed by atoms with van der Waals surface area (Å²) in [6, 6.07) is 6.74. The van der Waals surface area contributed by atoms with E-state index in [-0.39, 0.29) is 4.91 Å². The van der Waals surface area contributed by atoms with Crippen LogP contribution in [0.25, 0.3) is 4.91 Å². The van der Waals surface area contributed by atoms with Crippen LogP contribution in [0.1, 0.15) is 5.56 Å². The molecule has 0 fully saturated rings. The van der Waals surface area contributed by atoms with Crippen LogP contribution in [-0.4, -0.2) is 21.8 Å². The van der Waals surface area contributed by atoms with Gasteiger partial charge in [0.25, 0.3) is 0 Å². The molecule has 0 unspecified atom stereocenters. The number of ether oxygens (including phenoxy) is 1. The van der Waals surface area contributed by atoms with Gasteiger partial charge in [0.15, 0.2) is 9.84 Å². The Morgan fingerprint density at radius 1 is 1.29 bits per heavy atom. The van der Waals surface area contributed by atoms with Crippen LogP contribution in [0.4, 0.5) is 0 Å². The van der Waals surface area contributed by atoms with E-state index in [1.54, 1.807) is 31.4 Å². The molecular formula is C10H12O3S. The molecule has 0 amide bonds. The second-order valence-electron chi connectivity index (χ2n) is 2.92. The quantitative estimate of drug-likeness (QED) is 0.766. The molecule has 0 aliphatic carbocycles. The fraction of sp³-hybridized carbons (Fsp3) is 0.200.